The largest absolute Gasteiger partial charge is 0.319 e. The van der Waals surface area contributed by atoms with Gasteiger partial charge in [0.2, 0.25) is 0 Å². The summed E-state index contributed by atoms with van der Waals surface area (Å²) in [5.74, 6) is 1.84. The molecule has 0 amide bonds. The van der Waals surface area contributed by atoms with E-state index >= 15 is 0 Å². The minimum absolute atomic E-state index is 0.170. The molecule has 0 aliphatic carbocycles. The Hall–Kier alpha value is -0.130. The molecule has 96 valence electrons. The van der Waals surface area contributed by atoms with Gasteiger partial charge in [-0.15, -0.1) is 0 Å². The first-order valence-electron chi connectivity index (χ1n) is 6.03. The van der Waals surface area contributed by atoms with Gasteiger partial charge < -0.3 is 10.6 Å². The van der Waals surface area contributed by atoms with Crippen molar-refractivity contribution in [1.29, 1.82) is 0 Å². The predicted molar refractivity (Wildman–Crippen MR) is 67.3 cm³/mol. The Morgan fingerprint density at radius 1 is 1.31 bits per heavy atom. The summed E-state index contributed by atoms with van der Waals surface area (Å²) < 4.78 is 22.6. The second kappa shape index (κ2) is 5.98. The minimum atomic E-state index is -2.75. The quantitative estimate of drug-likeness (QED) is 0.708. The van der Waals surface area contributed by atoms with Crippen LogP contribution in [0.1, 0.15) is 20.3 Å². The van der Waals surface area contributed by atoms with Gasteiger partial charge in [0.05, 0.1) is 11.5 Å². The van der Waals surface area contributed by atoms with Crippen LogP contribution in [0.25, 0.3) is 0 Å². The van der Waals surface area contributed by atoms with E-state index in [0.717, 1.165) is 19.5 Å². The van der Waals surface area contributed by atoms with Crippen molar-refractivity contribution >= 4 is 9.84 Å². The van der Waals surface area contributed by atoms with Gasteiger partial charge in [0.15, 0.2) is 9.84 Å². The zero-order valence-corrected chi connectivity index (χ0v) is 11.3. The first-order chi connectivity index (χ1) is 7.44. The van der Waals surface area contributed by atoms with Gasteiger partial charge in [-0.3, -0.25) is 0 Å². The second-order valence-electron chi connectivity index (χ2n) is 5.07. The van der Waals surface area contributed by atoms with E-state index in [0.29, 0.717) is 23.3 Å². The number of rotatable bonds is 6. The zero-order chi connectivity index (χ0) is 12.2. The summed E-state index contributed by atoms with van der Waals surface area (Å²) in [5, 5.41) is 6.57. The van der Waals surface area contributed by atoms with Crippen molar-refractivity contribution in [2.75, 3.05) is 31.6 Å². The molecule has 0 spiro atoms. The van der Waals surface area contributed by atoms with Gasteiger partial charge in [0, 0.05) is 6.04 Å². The standard InChI is InChI=1S/C11H24N2O2S/c1-9(2)10(6-12-3)7-13-11-4-5-16(14,15)8-11/h9-13H,4-8H2,1-3H3. The van der Waals surface area contributed by atoms with E-state index in [1.54, 1.807) is 0 Å². The van der Waals surface area contributed by atoms with Gasteiger partial charge >= 0.3 is 0 Å². The number of hydrogen-bond acceptors (Lipinski definition) is 4. The van der Waals surface area contributed by atoms with E-state index in [-0.39, 0.29) is 6.04 Å². The SMILES string of the molecule is CNCC(CNC1CCS(=O)(=O)C1)C(C)C. The van der Waals surface area contributed by atoms with Crippen LogP contribution >= 0.6 is 0 Å². The van der Waals surface area contributed by atoms with Gasteiger partial charge in [0.25, 0.3) is 0 Å². The molecule has 2 atom stereocenters. The summed E-state index contributed by atoms with van der Waals surface area (Å²) in [6, 6.07) is 0.170. The maximum atomic E-state index is 11.3. The average Bonchev–Trinajstić information content (AvgIpc) is 2.52. The van der Waals surface area contributed by atoms with Crippen LogP contribution in [0.15, 0.2) is 0 Å². The lowest BCUT2D eigenvalue weighted by Gasteiger charge is -2.22. The highest BCUT2D eigenvalue weighted by molar-refractivity contribution is 7.91. The Morgan fingerprint density at radius 3 is 2.44 bits per heavy atom. The number of sulfone groups is 1. The third-order valence-electron chi connectivity index (χ3n) is 3.31. The van der Waals surface area contributed by atoms with Crippen molar-refractivity contribution in [3.05, 3.63) is 0 Å². The Morgan fingerprint density at radius 2 is 2.00 bits per heavy atom. The Balaban J connectivity index is 2.33. The molecule has 1 aliphatic rings. The van der Waals surface area contributed by atoms with E-state index in [1.165, 1.54) is 0 Å². The van der Waals surface area contributed by atoms with Crippen molar-refractivity contribution in [2.45, 2.75) is 26.3 Å². The predicted octanol–water partition coefficient (Wildman–Crippen LogP) is 0.255. The third kappa shape index (κ3) is 4.39. The molecule has 2 unspecified atom stereocenters. The van der Waals surface area contributed by atoms with Crippen LogP contribution in [-0.2, 0) is 9.84 Å². The van der Waals surface area contributed by atoms with Crippen LogP contribution < -0.4 is 10.6 Å². The van der Waals surface area contributed by atoms with E-state index in [9.17, 15) is 8.42 Å². The molecule has 0 aromatic rings. The van der Waals surface area contributed by atoms with Crippen LogP contribution in [0.4, 0.5) is 0 Å². The molecule has 1 heterocycles. The molecule has 4 nitrogen and oxygen atoms in total. The van der Waals surface area contributed by atoms with E-state index < -0.39 is 9.84 Å². The lowest BCUT2D eigenvalue weighted by Crippen LogP contribution is -2.39. The first-order valence-corrected chi connectivity index (χ1v) is 7.85. The lowest BCUT2D eigenvalue weighted by molar-refractivity contribution is 0.339. The third-order valence-corrected chi connectivity index (χ3v) is 5.08. The van der Waals surface area contributed by atoms with Crippen molar-refractivity contribution in [2.24, 2.45) is 11.8 Å². The molecule has 0 aromatic heterocycles. The summed E-state index contributed by atoms with van der Waals surface area (Å²) >= 11 is 0. The minimum Gasteiger partial charge on any atom is -0.319 e. The zero-order valence-electron chi connectivity index (χ0n) is 10.5. The van der Waals surface area contributed by atoms with E-state index in [1.807, 2.05) is 7.05 Å². The molecule has 5 heteroatoms. The molecule has 0 saturated carbocycles. The topological polar surface area (TPSA) is 58.2 Å². The molecule has 1 saturated heterocycles. The van der Waals surface area contributed by atoms with E-state index in [4.69, 9.17) is 0 Å². The fourth-order valence-corrected chi connectivity index (χ4v) is 3.79. The van der Waals surface area contributed by atoms with Gasteiger partial charge in [-0.1, -0.05) is 13.8 Å². The molecule has 0 radical (unpaired) electrons. The van der Waals surface area contributed by atoms with Crippen molar-refractivity contribution in [3.8, 4) is 0 Å². The second-order valence-corrected chi connectivity index (χ2v) is 7.30. The smallest absolute Gasteiger partial charge is 0.151 e. The highest BCUT2D eigenvalue weighted by atomic mass is 32.2. The fourth-order valence-electron chi connectivity index (χ4n) is 2.08. The highest BCUT2D eigenvalue weighted by Crippen LogP contribution is 2.13. The molecule has 2 N–H and O–H groups in total. The highest BCUT2D eigenvalue weighted by Gasteiger charge is 2.28. The Kier molecular flexibility index (Phi) is 5.21. The van der Waals surface area contributed by atoms with Crippen LogP contribution in [0.5, 0.6) is 0 Å². The summed E-state index contributed by atoms with van der Waals surface area (Å²) in [5.41, 5.74) is 0. The molecular weight excluding hydrogens is 224 g/mol. The van der Waals surface area contributed by atoms with Crippen molar-refractivity contribution < 1.29 is 8.42 Å². The summed E-state index contributed by atoms with van der Waals surface area (Å²) in [6.07, 6.45) is 0.771. The van der Waals surface area contributed by atoms with Crippen LogP contribution in [-0.4, -0.2) is 46.1 Å². The maximum Gasteiger partial charge on any atom is 0.151 e. The van der Waals surface area contributed by atoms with Gasteiger partial charge in [-0.25, -0.2) is 8.42 Å². The summed E-state index contributed by atoms with van der Waals surface area (Å²) in [4.78, 5) is 0. The van der Waals surface area contributed by atoms with Crippen LogP contribution in [0.3, 0.4) is 0 Å². The van der Waals surface area contributed by atoms with Gasteiger partial charge in [-0.05, 0) is 38.4 Å². The van der Waals surface area contributed by atoms with Gasteiger partial charge in [-0.2, -0.15) is 0 Å². The molecule has 16 heavy (non-hydrogen) atoms. The van der Waals surface area contributed by atoms with Crippen molar-refractivity contribution in [3.63, 3.8) is 0 Å². The molecule has 0 bridgehead atoms. The molecule has 1 aliphatic heterocycles. The number of hydrogen-bond donors (Lipinski definition) is 2. The normalized spacial score (nSPS) is 26.1. The van der Waals surface area contributed by atoms with Crippen LogP contribution in [0.2, 0.25) is 0 Å². The first kappa shape index (κ1) is 13.9. The summed E-state index contributed by atoms with van der Waals surface area (Å²) in [7, 11) is -0.800. The average molecular weight is 248 g/mol. The molecule has 1 rings (SSSR count). The lowest BCUT2D eigenvalue weighted by atomic mass is 9.95. The Bertz CT molecular complexity index is 301. The molecule has 0 aromatic carbocycles. The summed E-state index contributed by atoms with van der Waals surface area (Å²) in [6.45, 7) is 6.28. The van der Waals surface area contributed by atoms with Crippen molar-refractivity contribution in [1.82, 2.24) is 10.6 Å². The van der Waals surface area contributed by atoms with Crippen LogP contribution in [0, 0.1) is 11.8 Å². The molecular formula is C11H24N2O2S. The molecule has 1 fully saturated rings. The monoisotopic (exact) mass is 248 g/mol. The Labute approximate surface area is 99.1 Å². The fraction of sp³-hybridized carbons (Fsp3) is 1.00. The van der Waals surface area contributed by atoms with E-state index in [2.05, 4.69) is 24.5 Å². The maximum absolute atomic E-state index is 11.3. The number of nitrogens with one attached hydrogen (secondary N) is 2. The van der Waals surface area contributed by atoms with Gasteiger partial charge in [0.1, 0.15) is 0 Å².